The minimum Gasteiger partial charge on any atom is -0.368 e. The predicted octanol–water partition coefficient (Wildman–Crippen LogP) is 2.09. The molecule has 2 aromatic rings. The number of nitrogen functional groups attached to an aromatic ring is 2. The van der Waals surface area contributed by atoms with Crippen LogP contribution in [0.3, 0.4) is 0 Å². The first kappa shape index (κ1) is 17.2. The molecule has 0 aliphatic heterocycles. The van der Waals surface area contributed by atoms with Gasteiger partial charge in [-0.05, 0) is 25.1 Å². The zero-order chi connectivity index (χ0) is 17.0. The fourth-order valence-corrected chi connectivity index (χ4v) is 2.53. The van der Waals surface area contributed by atoms with E-state index in [0.29, 0.717) is 17.3 Å². The molecular formula is C13H14ClFN6OS. The van der Waals surface area contributed by atoms with Crippen molar-refractivity contribution >= 4 is 46.9 Å². The zero-order valence-electron chi connectivity index (χ0n) is 12.1. The van der Waals surface area contributed by atoms with E-state index in [1.807, 2.05) is 0 Å². The SMILES string of the molecule is CC(SCc1nc(N)nc(N)n1)C(=O)Nc1ccc(F)c(Cl)c1. The van der Waals surface area contributed by atoms with Gasteiger partial charge in [0.25, 0.3) is 0 Å². The molecule has 0 saturated carbocycles. The number of halogens is 2. The van der Waals surface area contributed by atoms with E-state index in [1.165, 1.54) is 30.0 Å². The van der Waals surface area contributed by atoms with Crippen LogP contribution >= 0.6 is 23.4 Å². The molecule has 122 valence electrons. The average Bonchev–Trinajstić information content (AvgIpc) is 2.47. The highest BCUT2D eigenvalue weighted by Gasteiger charge is 2.15. The third kappa shape index (κ3) is 4.93. The molecule has 0 fully saturated rings. The van der Waals surface area contributed by atoms with Gasteiger partial charge in [0.05, 0.1) is 16.0 Å². The first-order valence-corrected chi connectivity index (χ1v) is 7.91. The number of carbonyl (C=O) groups excluding carboxylic acids is 1. The fraction of sp³-hybridized carbons (Fsp3) is 0.231. The quantitative estimate of drug-likeness (QED) is 0.750. The lowest BCUT2D eigenvalue weighted by molar-refractivity contribution is -0.115. The minimum absolute atomic E-state index is 0.0335. The number of amides is 1. The molecule has 10 heteroatoms. The van der Waals surface area contributed by atoms with Crippen LogP contribution in [0.25, 0.3) is 0 Å². The first-order valence-electron chi connectivity index (χ1n) is 6.48. The summed E-state index contributed by atoms with van der Waals surface area (Å²) in [4.78, 5) is 23.6. The Labute approximate surface area is 141 Å². The molecule has 2 rings (SSSR count). The van der Waals surface area contributed by atoms with Crippen molar-refractivity contribution in [2.24, 2.45) is 0 Å². The van der Waals surface area contributed by atoms with Crippen LogP contribution in [-0.4, -0.2) is 26.1 Å². The lowest BCUT2D eigenvalue weighted by Crippen LogP contribution is -2.22. The number of nitrogens with two attached hydrogens (primary N) is 2. The Balaban J connectivity index is 1.93. The Morgan fingerprint density at radius 2 is 2.00 bits per heavy atom. The molecule has 1 heterocycles. The topological polar surface area (TPSA) is 120 Å². The number of anilines is 3. The Morgan fingerprint density at radius 3 is 2.61 bits per heavy atom. The number of hydrogen-bond acceptors (Lipinski definition) is 7. The summed E-state index contributed by atoms with van der Waals surface area (Å²) in [5, 5.41) is 2.19. The second-order valence-electron chi connectivity index (χ2n) is 4.54. The number of hydrogen-bond donors (Lipinski definition) is 3. The highest BCUT2D eigenvalue weighted by Crippen LogP contribution is 2.21. The van der Waals surface area contributed by atoms with Crippen LogP contribution < -0.4 is 16.8 Å². The Hall–Kier alpha value is -2.13. The molecule has 7 nitrogen and oxygen atoms in total. The maximum absolute atomic E-state index is 13.1. The van der Waals surface area contributed by atoms with Crippen LogP contribution in [0.1, 0.15) is 12.7 Å². The lowest BCUT2D eigenvalue weighted by atomic mass is 10.3. The second kappa shape index (κ2) is 7.42. The second-order valence-corrected chi connectivity index (χ2v) is 6.28. The van der Waals surface area contributed by atoms with Crippen molar-refractivity contribution in [2.75, 3.05) is 16.8 Å². The third-order valence-corrected chi connectivity index (χ3v) is 4.16. The summed E-state index contributed by atoms with van der Waals surface area (Å²) < 4.78 is 13.1. The molecule has 1 aromatic heterocycles. The van der Waals surface area contributed by atoms with Crippen molar-refractivity contribution in [1.82, 2.24) is 15.0 Å². The zero-order valence-corrected chi connectivity index (χ0v) is 13.7. The van der Waals surface area contributed by atoms with E-state index in [-0.39, 0.29) is 22.8 Å². The molecule has 1 amide bonds. The monoisotopic (exact) mass is 356 g/mol. The van der Waals surface area contributed by atoms with Gasteiger partial charge in [-0.15, -0.1) is 11.8 Å². The van der Waals surface area contributed by atoms with Crippen LogP contribution in [0, 0.1) is 5.82 Å². The molecule has 23 heavy (non-hydrogen) atoms. The summed E-state index contributed by atoms with van der Waals surface area (Å²) in [6.45, 7) is 1.72. The van der Waals surface area contributed by atoms with Gasteiger partial charge in [0, 0.05) is 5.69 Å². The van der Waals surface area contributed by atoms with Gasteiger partial charge in [-0.1, -0.05) is 11.6 Å². The summed E-state index contributed by atoms with van der Waals surface area (Å²) >= 11 is 6.97. The minimum atomic E-state index is -0.544. The van der Waals surface area contributed by atoms with Crippen molar-refractivity contribution in [1.29, 1.82) is 0 Å². The first-order chi connectivity index (χ1) is 10.8. The Morgan fingerprint density at radius 1 is 1.35 bits per heavy atom. The molecule has 1 atom stereocenters. The molecule has 0 saturated heterocycles. The van der Waals surface area contributed by atoms with Gasteiger partial charge in [-0.2, -0.15) is 15.0 Å². The number of nitrogens with zero attached hydrogens (tertiary/aromatic N) is 3. The number of carbonyl (C=O) groups is 1. The molecule has 0 radical (unpaired) electrons. The molecule has 0 aliphatic carbocycles. The maximum Gasteiger partial charge on any atom is 0.237 e. The van der Waals surface area contributed by atoms with Crippen LogP contribution in [0.2, 0.25) is 5.02 Å². The van der Waals surface area contributed by atoms with E-state index in [2.05, 4.69) is 20.3 Å². The number of benzene rings is 1. The molecule has 0 spiro atoms. The van der Waals surface area contributed by atoms with E-state index in [1.54, 1.807) is 6.92 Å². The molecule has 5 N–H and O–H groups in total. The summed E-state index contributed by atoms with van der Waals surface area (Å²) in [7, 11) is 0. The van der Waals surface area contributed by atoms with Crippen molar-refractivity contribution in [3.8, 4) is 0 Å². The van der Waals surface area contributed by atoms with Gasteiger partial charge in [-0.3, -0.25) is 4.79 Å². The standard InChI is InChI=1S/C13H14ClFN6OS/c1-6(23-5-10-19-12(16)21-13(17)20-10)11(22)18-7-2-3-9(15)8(14)4-7/h2-4,6H,5H2,1H3,(H,18,22)(H4,16,17,19,20,21). The maximum atomic E-state index is 13.1. The summed E-state index contributed by atoms with van der Waals surface area (Å²) in [5.74, 6) is 0.00180. The highest BCUT2D eigenvalue weighted by molar-refractivity contribution is 7.99. The van der Waals surface area contributed by atoms with Gasteiger partial charge in [0.1, 0.15) is 11.6 Å². The molecule has 1 unspecified atom stereocenters. The van der Waals surface area contributed by atoms with E-state index in [4.69, 9.17) is 23.1 Å². The van der Waals surface area contributed by atoms with Gasteiger partial charge < -0.3 is 16.8 Å². The van der Waals surface area contributed by atoms with Gasteiger partial charge in [0.15, 0.2) is 0 Å². The average molecular weight is 357 g/mol. The number of rotatable bonds is 5. The normalized spacial score (nSPS) is 12.0. The van der Waals surface area contributed by atoms with Crippen molar-refractivity contribution in [3.63, 3.8) is 0 Å². The molecular weight excluding hydrogens is 343 g/mol. The number of nitrogens with one attached hydrogen (secondary N) is 1. The Bertz CT molecular complexity index is 711. The Kier molecular flexibility index (Phi) is 5.56. The van der Waals surface area contributed by atoms with E-state index in [9.17, 15) is 9.18 Å². The van der Waals surface area contributed by atoms with Crippen LogP contribution in [0.5, 0.6) is 0 Å². The number of thioether (sulfide) groups is 1. The summed E-state index contributed by atoms with van der Waals surface area (Å²) in [6.07, 6.45) is 0. The lowest BCUT2D eigenvalue weighted by Gasteiger charge is -2.12. The molecule has 1 aromatic carbocycles. The summed E-state index contributed by atoms with van der Waals surface area (Å²) in [6, 6.07) is 3.97. The molecule has 0 aliphatic rings. The molecule has 0 bridgehead atoms. The van der Waals surface area contributed by atoms with E-state index in [0.717, 1.165) is 0 Å². The van der Waals surface area contributed by atoms with Gasteiger partial charge in [0.2, 0.25) is 17.8 Å². The summed E-state index contributed by atoms with van der Waals surface area (Å²) in [5.41, 5.74) is 11.4. The van der Waals surface area contributed by atoms with E-state index >= 15 is 0 Å². The predicted molar refractivity (Wildman–Crippen MR) is 89.4 cm³/mol. The highest BCUT2D eigenvalue weighted by atomic mass is 35.5. The van der Waals surface area contributed by atoms with Crippen LogP contribution in [0.4, 0.5) is 22.0 Å². The fourth-order valence-electron chi connectivity index (χ4n) is 1.61. The number of aromatic nitrogens is 3. The van der Waals surface area contributed by atoms with Gasteiger partial charge in [-0.25, -0.2) is 4.39 Å². The van der Waals surface area contributed by atoms with Gasteiger partial charge >= 0.3 is 0 Å². The van der Waals surface area contributed by atoms with Crippen molar-refractivity contribution in [2.45, 2.75) is 17.9 Å². The smallest absolute Gasteiger partial charge is 0.237 e. The largest absolute Gasteiger partial charge is 0.368 e. The van der Waals surface area contributed by atoms with Crippen LogP contribution in [0.15, 0.2) is 18.2 Å². The third-order valence-electron chi connectivity index (χ3n) is 2.74. The van der Waals surface area contributed by atoms with Crippen molar-refractivity contribution in [3.05, 3.63) is 34.9 Å². The van der Waals surface area contributed by atoms with Crippen LogP contribution in [-0.2, 0) is 10.5 Å². The van der Waals surface area contributed by atoms with Crippen molar-refractivity contribution < 1.29 is 9.18 Å². The van der Waals surface area contributed by atoms with E-state index < -0.39 is 11.1 Å².